The van der Waals surface area contributed by atoms with Crippen LogP contribution in [-0.4, -0.2) is 47.6 Å². The predicted octanol–water partition coefficient (Wildman–Crippen LogP) is 1.19. The fourth-order valence-electron chi connectivity index (χ4n) is 4.09. The first-order valence-electron chi connectivity index (χ1n) is 9.08. The van der Waals surface area contributed by atoms with E-state index in [9.17, 15) is 10.1 Å². The van der Waals surface area contributed by atoms with Crippen LogP contribution < -0.4 is 15.5 Å². The van der Waals surface area contributed by atoms with Crippen LogP contribution in [0.1, 0.15) is 25.3 Å². The maximum atomic E-state index is 11.9. The van der Waals surface area contributed by atoms with Gasteiger partial charge in [-0.15, -0.1) is 0 Å². The summed E-state index contributed by atoms with van der Waals surface area (Å²) in [6, 6.07) is 6.13. The highest BCUT2D eigenvalue weighted by atomic mass is 16.2. The van der Waals surface area contributed by atoms with E-state index in [1.54, 1.807) is 12.4 Å². The Morgan fingerprint density at radius 3 is 2.81 bits per heavy atom. The third-order valence-electron chi connectivity index (χ3n) is 5.21. The molecule has 2 fully saturated rings. The number of amides is 1. The van der Waals surface area contributed by atoms with Gasteiger partial charge in [-0.1, -0.05) is 6.92 Å². The van der Waals surface area contributed by atoms with Gasteiger partial charge in [-0.25, -0.2) is 0 Å². The number of hydrogen-bond donors (Lipinski definition) is 2. The highest BCUT2D eigenvalue weighted by molar-refractivity contribution is 5.92. The predicted molar refractivity (Wildman–Crippen MR) is 98.6 cm³/mol. The van der Waals surface area contributed by atoms with Crippen molar-refractivity contribution >= 4 is 22.6 Å². The van der Waals surface area contributed by atoms with E-state index in [0.29, 0.717) is 17.0 Å². The van der Waals surface area contributed by atoms with Crippen molar-refractivity contribution in [2.24, 2.45) is 5.92 Å². The van der Waals surface area contributed by atoms with E-state index in [-0.39, 0.29) is 18.0 Å². The van der Waals surface area contributed by atoms with E-state index in [0.717, 1.165) is 43.7 Å². The molecule has 2 aliphatic heterocycles. The first kappa shape index (κ1) is 16.7. The van der Waals surface area contributed by atoms with Crippen molar-refractivity contribution in [2.75, 3.05) is 24.5 Å². The number of carbonyl (C=O) groups is 1. The van der Waals surface area contributed by atoms with Gasteiger partial charge < -0.3 is 15.5 Å². The third-order valence-corrected chi connectivity index (χ3v) is 5.21. The Kier molecular flexibility index (Phi) is 4.43. The van der Waals surface area contributed by atoms with Gasteiger partial charge in [0.25, 0.3) is 0 Å². The molecule has 2 aliphatic rings. The summed E-state index contributed by atoms with van der Waals surface area (Å²) in [5, 5.41) is 15.7. The number of nitriles is 1. The smallest absolute Gasteiger partial charge is 0.237 e. The Labute approximate surface area is 152 Å². The molecule has 1 aromatic carbocycles. The third kappa shape index (κ3) is 3.08. The number of fused-ring (bicyclic) bond motifs is 1. The van der Waals surface area contributed by atoms with Crippen molar-refractivity contribution in [1.29, 1.82) is 5.26 Å². The van der Waals surface area contributed by atoms with Crippen LogP contribution in [0.4, 0.5) is 5.69 Å². The molecule has 3 atom stereocenters. The molecule has 1 unspecified atom stereocenters. The SMILES string of the molecule is C[C@H]1C[C@@H](NC2CCNC2=O)CN(c2ccc(C#N)c3nccnc23)C1. The van der Waals surface area contributed by atoms with Crippen LogP contribution in [0.25, 0.3) is 11.0 Å². The van der Waals surface area contributed by atoms with Crippen LogP contribution in [0, 0.1) is 17.2 Å². The van der Waals surface area contributed by atoms with Crippen molar-refractivity contribution < 1.29 is 4.79 Å². The van der Waals surface area contributed by atoms with Crippen molar-refractivity contribution in [1.82, 2.24) is 20.6 Å². The van der Waals surface area contributed by atoms with Crippen LogP contribution in [0.3, 0.4) is 0 Å². The molecule has 7 heteroatoms. The van der Waals surface area contributed by atoms with Crippen molar-refractivity contribution in [3.63, 3.8) is 0 Å². The molecule has 4 rings (SSSR count). The Balaban J connectivity index is 1.62. The molecule has 3 heterocycles. The van der Waals surface area contributed by atoms with Gasteiger partial charge in [-0.2, -0.15) is 5.26 Å². The molecule has 0 spiro atoms. The van der Waals surface area contributed by atoms with Crippen LogP contribution >= 0.6 is 0 Å². The summed E-state index contributed by atoms with van der Waals surface area (Å²) in [7, 11) is 0. The van der Waals surface area contributed by atoms with Gasteiger partial charge in [0.15, 0.2) is 0 Å². The van der Waals surface area contributed by atoms with E-state index in [1.807, 2.05) is 12.1 Å². The van der Waals surface area contributed by atoms with E-state index >= 15 is 0 Å². The number of nitrogens with zero attached hydrogens (tertiary/aromatic N) is 4. The number of rotatable bonds is 3. The number of nitrogens with one attached hydrogen (secondary N) is 2. The molecule has 2 N–H and O–H groups in total. The van der Waals surface area contributed by atoms with Crippen LogP contribution in [-0.2, 0) is 4.79 Å². The Morgan fingerprint density at radius 2 is 2.08 bits per heavy atom. The zero-order chi connectivity index (χ0) is 18.1. The highest BCUT2D eigenvalue weighted by Crippen LogP contribution is 2.30. The summed E-state index contributed by atoms with van der Waals surface area (Å²) in [4.78, 5) is 23.0. The van der Waals surface area contributed by atoms with Crippen molar-refractivity contribution in [3.8, 4) is 6.07 Å². The number of hydrogen-bond acceptors (Lipinski definition) is 6. The second-order valence-electron chi connectivity index (χ2n) is 7.24. The Bertz CT molecular complexity index is 876. The molecule has 7 nitrogen and oxygen atoms in total. The molecule has 26 heavy (non-hydrogen) atoms. The largest absolute Gasteiger partial charge is 0.368 e. The quantitative estimate of drug-likeness (QED) is 0.864. The fourth-order valence-corrected chi connectivity index (χ4v) is 4.09. The summed E-state index contributed by atoms with van der Waals surface area (Å²) in [5.41, 5.74) is 2.95. The van der Waals surface area contributed by atoms with E-state index in [1.165, 1.54) is 0 Å². The maximum absolute atomic E-state index is 11.9. The van der Waals surface area contributed by atoms with E-state index in [4.69, 9.17) is 0 Å². The van der Waals surface area contributed by atoms with Crippen LogP contribution in [0.15, 0.2) is 24.5 Å². The first-order chi connectivity index (χ1) is 12.7. The minimum atomic E-state index is -0.0929. The number of anilines is 1. The fraction of sp³-hybridized carbons (Fsp3) is 0.474. The molecular weight excluding hydrogens is 328 g/mol. The topological polar surface area (TPSA) is 93.9 Å². The molecule has 0 saturated carbocycles. The highest BCUT2D eigenvalue weighted by Gasteiger charge is 2.31. The summed E-state index contributed by atoms with van der Waals surface area (Å²) in [5.74, 6) is 0.595. The minimum Gasteiger partial charge on any atom is -0.368 e. The zero-order valence-corrected chi connectivity index (χ0v) is 14.8. The number of carbonyl (C=O) groups excluding carboxylic acids is 1. The van der Waals surface area contributed by atoms with Crippen molar-refractivity contribution in [3.05, 3.63) is 30.1 Å². The van der Waals surface area contributed by atoms with Crippen LogP contribution in [0.5, 0.6) is 0 Å². The average Bonchev–Trinajstić information content (AvgIpc) is 3.05. The molecule has 1 aromatic heterocycles. The Hall–Kier alpha value is -2.72. The molecule has 0 aliphatic carbocycles. The Morgan fingerprint density at radius 1 is 1.27 bits per heavy atom. The average molecular weight is 350 g/mol. The van der Waals surface area contributed by atoms with E-state index in [2.05, 4.69) is 38.5 Å². The molecular formula is C19H22N6O. The lowest BCUT2D eigenvalue weighted by Gasteiger charge is -2.39. The lowest BCUT2D eigenvalue weighted by molar-refractivity contribution is -0.121. The second kappa shape index (κ2) is 6.89. The van der Waals surface area contributed by atoms with Gasteiger partial charge in [0, 0.05) is 38.1 Å². The van der Waals surface area contributed by atoms with Gasteiger partial charge in [0.1, 0.15) is 17.1 Å². The molecule has 0 radical (unpaired) electrons. The summed E-state index contributed by atoms with van der Waals surface area (Å²) >= 11 is 0. The number of aromatic nitrogens is 2. The molecule has 134 valence electrons. The molecule has 0 bridgehead atoms. The number of benzene rings is 1. The standard InChI is InChI=1S/C19H22N6O/c1-12-8-14(24-15-4-5-23-19(15)26)11-25(10-12)16-3-2-13(9-20)17-18(16)22-7-6-21-17/h2-3,6-7,12,14-15,24H,4-5,8,10-11H2,1H3,(H,23,26)/t12-,14+,15?/m0/s1. The zero-order valence-electron chi connectivity index (χ0n) is 14.8. The monoisotopic (exact) mass is 350 g/mol. The van der Waals surface area contributed by atoms with Gasteiger partial charge in [-0.05, 0) is 30.9 Å². The lowest BCUT2D eigenvalue weighted by atomic mass is 9.94. The molecule has 2 aromatic rings. The van der Waals surface area contributed by atoms with Gasteiger partial charge in [0.2, 0.25) is 5.91 Å². The van der Waals surface area contributed by atoms with Crippen molar-refractivity contribution in [2.45, 2.75) is 31.8 Å². The second-order valence-corrected chi connectivity index (χ2v) is 7.24. The lowest BCUT2D eigenvalue weighted by Crippen LogP contribution is -2.53. The summed E-state index contributed by atoms with van der Waals surface area (Å²) in [6.07, 6.45) is 5.17. The van der Waals surface area contributed by atoms with Gasteiger partial charge >= 0.3 is 0 Å². The summed E-state index contributed by atoms with van der Waals surface area (Å²) in [6.45, 7) is 4.71. The van der Waals surface area contributed by atoms with E-state index < -0.39 is 0 Å². The molecule has 1 amide bonds. The first-order valence-corrected chi connectivity index (χ1v) is 9.08. The number of piperidine rings is 1. The molecule has 2 saturated heterocycles. The van der Waals surface area contributed by atoms with Crippen LogP contribution in [0.2, 0.25) is 0 Å². The maximum Gasteiger partial charge on any atom is 0.237 e. The normalized spacial score (nSPS) is 25.9. The van der Waals surface area contributed by atoms with Gasteiger partial charge in [0.05, 0.1) is 17.3 Å². The summed E-state index contributed by atoms with van der Waals surface area (Å²) < 4.78 is 0. The van der Waals surface area contributed by atoms with Gasteiger partial charge in [-0.3, -0.25) is 14.8 Å². The minimum absolute atomic E-state index is 0.0929.